The van der Waals surface area contributed by atoms with E-state index in [1.807, 2.05) is 19.1 Å². The van der Waals surface area contributed by atoms with Crippen molar-refractivity contribution >= 4 is 5.69 Å². The molecule has 0 aliphatic heterocycles. The molecule has 12 heavy (non-hydrogen) atoms. The molecular weight excluding hydrogens is 148 g/mol. The molecule has 1 heterocycles. The molecular formula is C10H17N2+. The van der Waals surface area contributed by atoms with E-state index in [0.717, 1.165) is 11.4 Å². The molecule has 2 heteroatoms. The van der Waals surface area contributed by atoms with E-state index in [-0.39, 0.29) is 5.41 Å². The van der Waals surface area contributed by atoms with Gasteiger partial charge in [0.15, 0.2) is 11.4 Å². The number of nitrogen functional groups attached to an aromatic ring is 1. The highest BCUT2D eigenvalue weighted by molar-refractivity contribution is 5.38. The van der Waals surface area contributed by atoms with E-state index in [4.69, 9.17) is 5.73 Å². The molecule has 0 fully saturated rings. The topological polar surface area (TPSA) is 40.2 Å². The third-order valence-electron chi connectivity index (χ3n) is 1.83. The standard InChI is InChI=1S/C10H16N2/c1-7-5-8(11)6-9(12-7)10(2,3)4/h5-6H,1-4H3,(H2,11,12)/p+1. The zero-order valence-electron chi connectivity index (χ0n) is 8.23. The molecule has 0 radical (unpaired) electrons. The van der Waals surface area contributed by atoms with Crippen LogP contribution in [0.1, 0.15) is 32.2 Å². The van der Waals surface area contributed by atoms with Crippen LogP contribution in [0, 0.1) is 6.92 Å². The molecule has 0 aliphatic carbocycles. The van der Waals surface area contributed by atoms with Gasteiger partial charge in [-0.05, 0) is 0 Å². The fourth-order valence-electron chi connectivity index (χ4n) is 1.15. The van der Waals surface area contributed by atoms with Crippen LogP contribution in [0.5, 0.6) is 0 Å². The van der Waals surface area contributed by atoms with E-state index in [1.54, 1.807) is 0 Å². The summed E-state index contributed by atoms with van der Waals surface area (Å²) in [5, 5.41) is 0. The average Bonchev–Trinajstić information content (AvgIpc) is 1.82. The van der Waals surface area contributed by atoms with Gasteiger partial charge in [0.2, 0.25) is 0 Å². The van der Waals surface area contributed by atoms with Crippen LogP contribution in [-0.4, -0.2) is 0 Å². The molecule has 0 aromatic carbocycles. The minimum atomic E-state index is 0.139. The molecule has 1 aromatic heterocycles. The lowest BCUT2D eigenvalue weighted by molar-refractivity contribution is -0.405. The average molecular weight is 165 g/mol. The number of nitrogens with two attached hydrogens (primary N) is 1. The highest BCUT2D eigenvalue weighted by Crippen LogP contribution is 2.19. The van der Waals surface area contributed by atoms with E-state index in [1.165, 1.54) is 5.69 Å². The summed E-state index contributed by atoms with van der Waals surface area (Å²) in [6, 6.07) is 3.93. The first kappa shape index (κ1) is 9.04. The van der Waals surface area contributed by atoms with Gasteiger partial charge in [-0.3, -0.25) is 0 Å². The Morgan fingerprint density at radius 2 is 1.83 bits per heavy atom. The maximum absolute atomic E-state index is 5.74. The van der Waals surface area contributed by atoms with E-state index in [0.29, 0.717) is 0 Å². The van der Waals surface area contributed by atoms with E-state index < -0.39 is 0 Å². The fourth-order valence-corrected chi connectivity index (χ4v) is 1.15. The summed E-state index contributed by atoms with van der Waals surface area (Å²) in [4.78, 5) is 3.31. The summed E-state index contributed by atoms with van der Waals surface area (Å²) in [5.41, 5.74) is 9.00. The van der Waals surface area contributed by atoms with Crippen molar-refractivity contribution in [3.63, 3.8) is 0 Å². The van der Waals surface area contributed by atoms with E-state index in [9.17, 15) is 0 Å². The lowest BCUT2D eigenvalue weighted by atomic mass is 9.91. The molecule has 0 unspecified atom stereocenters. The minimum absolute atomic E-state index is 0.139. The fraction of sp³-hybridized carbons (Fsp3) is 0.500. The summed E-state index contributed by atoms with van der Waals surface area (Å²) < 4.78 is 0. The van der Waals surface area contributed by atoms with Gasteiger partial charge >= 0.3 is 0 Å². The van der Waals surface area contributed by atoms with Crippen LogP contribution in [0.3, 0.4) is 0 Å². The van der Waals surface area contributed by atoms with Crippen LogP contribution in [-0.2, 0) is 5.41 Å². The molecule has 0 amide bonds. The van der Waals surface area contributed by atoms with Crippen LogP contribution in [0.4, 0.5) is 5.69 Å². The predicted octanol–water partition coefficient (Wildman–Crippen LogP) is 1.69. The van der Waals surface area contributed by atoms with Crippen molar-refractivity contribution in [1.82, 2.24) is 0 Å². The third kappa shape index (κ3) is 1.97. The van der Waals surface area contributed by atoms with Crippen molar-refractivity contribution in [3.05, 3.63) is 23.5 Å². The highest BCUT2D eigenvalue weighted by Gasteiger charge is 2.21. The predicted molar refractivity (Wildman–Crippen MR) is 50.8 cm³/mol. The molecule has 0 saturated carbocycles. The summed E-state index contributed by atoms with van der Waals surface area (Å²) >= 11 is 0. The maximum Gasteiger partial charge on any atom is 0.187 e. The summed E-state index contributed by atoms with van der Waals surface area (Å²) in [5.74, 6) is 0. The number of nitrogens with one attached hydrogen (secondary N) is 1. The lowest BCUT2D eigenvalue weighted by Gasteiger charge is -2.13. The first-order valence-electron chi connectivity index (χ1n) is 4.19. The number of H-pyrrole nitrogens is 1. The molecule has 3 N–H and O–H groups in total. The smallest absolute Gasteiger partial charge is 0.187 e. The first-order valence-corrected chi connectivity index (χ1v) is 4.19. The summed E-state index contributed by atoms with van der Waals surface area (Å²) in [6.07, 6.45) is 0. The summed E-state index contributed by atoms with van der Waals surface area (Å²) in [7, 11) is 0. The van der Waals surface area contributed by atoms with Gasteiger partial charge in [-0.2, -0.15) is 0 Å². The van der Waals surface area contributed by atoms with Crippen LogP contribution >= 0.6 is 0 Å². The minimum Gasteiger partial charge on any atom is -0.398 e. The normalized spacial score (nSPS) is 11.7. The lowest BCUT2D eigenvalue weighted by Crippen LogP contribution is -2.26. The van der Waals surface area contributed by atoms with Gasteiger partial charge in [-0.15, -0.1) is 0 Å². The van der Waals surface area contributed by atoms with Crippen molar-refractivity contribution in [2.75, 3.05) is 5.73 Å². The largest absolute Gasteiger partial charge is 0.398 e. The number of hydrogen-bond acceptors (Lipinski definition) is 1. The van der Waals surface area contributed by atoms with Crippen LogP contribution < -0.4 is 10.7 Å². The van der Waals surface area contributed by atoms with Gasteiger partial charge in [-0.25, -0.2) is 4.98 Å². The van der Waals surface area contributed by atoms with Gasteiger partial charge in [-0.1, -0.05) is 20.8 Å². The Bertz CT molecular complexity index is 264. The van der Waals surface area contributed by atoms with Crippen molar-refractivity contribution < 1.29 is 4.98 Å². The van der Waals surface area contributed by atoms with Gasteiger partial charge in [0, 0.05) is 30.2 Å². The molecule has 2 nitrogen and oxygen atoms in total. The Hall–Kier alpha value is -1.05. The monoisotopic (exact) mass is 165 g/mol. The Morgan fingerprint density at radius 1 is 1.25 bits per heavy atom. The molecule has 66 valence electrons. The second-order valence-electron chi connectivity index (χ2n) is 4.26. The molecule has 1 rings (SSSR count). The van der Waals surface area contributed by atoms with Crippen molar-refractivity contribution in [3.8, 4) is 0 Å². The van der Waals surface area contributed by atoms with Crippen molar-refractivity contribution in [2.24, 2.45) is 0 Å². The Kier molecular flexibility index (Phi) is 2.09. The highest BCUT2D eigenvalue weighted by atomic mass is 14.7. The van der Waals surface area contributed by atoms with Gasteiger partial charge in [0.25, 0.3) is 0 Å². The van der Waals surface area contributed by atoms with Crippen LogP contribution in [0.2, 0.25) is 0 Å². The Balaban J connectivity index is 3.18. The molecule has 0 saturated heterocycles. The van der Waals surface area contributed by atoms with E-state index in [2.05, 4.69) is 25.8 Å². The maximum atomic E-state index is 5.74. The Morgan fingerprint density at radius 3 is 2.25 bits per heavy atom. The third-order valence-corrected chi connectivity index (χ3v) is 1.83. The quantitative estimate of drug-likeness (QED) is 0.624. The number of aromatic nitrogens is 1. The first-order chi connectivity index (χ1) is 5.39. The molecule has 0 bridgehead atoms. The van der Waals surface area contributed by atoms with E-state index >= 15 is 0 Å². The van der Waals surface area contributed by atoms with Gasteiger partial charge in [0.1, 0.15) is 0 Å². The number of pyridine rings is 1. The second kappa shape index (κ2) is 2.77. The number of hydrogen-bond donors (Lipinski definition) is 1. The van der Waals surface area contributed by atoms with Gasteiger partial charge < -0.3 is 5.73 Å². The Labute approximate surface area is 73.8 Å². The molecule has 0 atom stereocenters. The number of aromatic amines is 1. The van der Waals surface area contributed by atoms with Crippen LogP contribution in [0.15, 0.2) is 12.1 Å². The number of anilines is 1. The molecule has 0 spiro atoms. The zero-order valence-corrected chi connectivity index (χ0v) is 8.23. The molecule has 0 aliphatic rings. The second-order valence-corrected chi connectivity index (χ2v) is 4.26. The zero-order chi connectivity index (χ0) is 9.35. The number of aryl methyl sites for hydroxylation is 1. The SMILES string of the molecule is Cc1cc(N)cc(C(C)(C)C)[nH+]1. The van der Waals surface area contributed by atoms with Crippen molar-refractivity contribution in [1.29, 1.82) is 0 Å². The van der Waals surface area contributed by atoms with Crippen molar-refractivity contribution in [2.45, 2.75) is 33.1 Å². The number of rotatable bonds is 0. The summed E-state index contributed by atoms with van der Waals surface area (Å²) in [6.45, 7) is 8.51. The molecule has 1 aromatic rings. The van der Waals surface area contributed by atoms with Gasteiger partial charge in [0.05, 0.1) is 0 Å². The van der Waals surface area contributed by atoms with Crippen LogP contribution in [0.25, 0.3) is 0 Å².